The van der Waals surface area contributed by atoms with E-state index in [0.29, 0.717) is 13.2 Å². The van der Waals surface area contributed by atoms with Gasteiger partial charge < -0.3 is 15.4 Å². The Labute approximate surface area is 80.0 Å². The summed E-state index contributed by atoms with van der Waals surface area (Å²) in [7, 11) is 3.36. The highest BCUT2D eigenvalue weighted by Gasteiger charge is 2.16. The molecule has 1 atom stereocenters. The number of methoxy groups -OCH3 is 1. The fourth-order valence-corrected chi connectivity index (χ4v) is 1.06. The number of carbonyl (C=O) groups excluding carboxylic acids is 1. The normalized spacial score (nSPS) is 12.6. The minimum absolute atomic E-state index is 0.00102. The SMILES string of the molecule is CCCC(N)C(=O)N(C)CCOC. The van der Waals surface area contributed by atoms with E-state index in [9.17, 15) is 4.79 Å². The van der Waals surface area contributed by atoms with E-state index in [1.165, 1.54) is 0 Å². The first-order valence-corrected chi connectivity index (χ1v) is 4.63. The van der Waals surface area contributed by atoms with E-state index in [1.54, 1.807) is 19.1 Å². The number of rotatable bonds is 6. The molecule has 0 bridgehead atoms. The lowest BCUT2D eigenvalue weighted by Gasteiger charge is -2.20. The van der Waals surface area contributed by atoms with Gasteiger partial charge in [0.05, 0.1) is 12.6 Å². The Morgan fingerprint density at radius 1 is 1.62 bits per heavy atom. The molecule has 4 nitrogen and oxygen atoms in total. The minimum Gasteiger partial charge on any atom is -0.383 e. The molecule has 0 rings (SSSR count). The van der Waals surface area contributed by atoms with Gasteiger partial charge in [-0.15, -0.1) is 0 Å². The molecule has 1 unspecified atom stereocenters. The Kier molecular flexibility index (Phi) is 6.54. The van der Waals surface area contributed by atoms with Crippen LogP contribution in [0.5, 0.6) is 0 Å². The lowest BCUT2D eigenvalue weighted by Crippen LogP contribution is -2.42. The number of amides is 1. The Balaban J connectivity index is 3.79. The van der Waals surface area contributed by atoms with Gasteiger partial charge in [-0.05, 0) is 6.42 Å². The zero-order chi connectivity index (χ0) is 10.3. The number of hydrogen-bond donors (Lipinski definition) is 1. The third kappa shape index (κ3) is 4.85. The molecule has 0 fully saturated rings. The monoisotopic (exact) mass is 188 g/mol. The van der Waals surface area contributed by atoms with E-state index in [1.807, 2.05) is 6.92 Å². The molecule has 0 heterocycles. The van der Waals surface area contributed by atoms with Gasteiger partial charge in [0.15, 0.2) is 0 Å². The van der Waals surface area contributed by atoms with Gasteiger partial charge in [-0.3, -0.25) is 4.79 Å². The van der Waals surface area contributed by atoms with Crippen molar-refractivity contribution in [2.75, 3.05) is 27.3 Å². The number of carbonyl (C=O) groups is 1. The van der Waals surface area contributed by atoms with Gasteiger partial charge in [0, 0.05) is 20.7 Å². The fourth-order valence-electron chi connectivity index (χ4n) is 1.06. The molecule has 1 amide bonds. The molecule has 0 radical (unpaired) electrons. The molecule has 0 saturated carbocycles. The van der Waals surface area contributed by atoms with Gasteiger partial charge in [-0.1, -0.05) is 13.3 Å². The molecular formula is C9H20N2O2. The number of likely N-dealkylation sites (N-methyl/N-ethyl adjacent to an activating group) is 1. The van der Waals surface area contributed by atoms with Crippen molar-refractivity contribution in [3.8, 4) is 0 Å². The first-order valence-electron chi connectivity index (χ1n) is 4.63. The van der Waals surface area contributed by atoms with Gasteiger partial charge in [-0.2, -0.15) is 0 Å². The van der Waals surface area contributed by atoms with Gasteiger partial charge in [0.1, 0.15) is 0 Å². The largest absolute Gasteiger partial charge is 0.383 e. The van der Waals surface area contributed by atoms with Crippen molar-refractivity contribution in [2.24, 2.45) is 5.73 Å². The quantitative estimate of drug-likeness (QED) is 0.648. The first-order chi connectivity index (χ1) is 6.13. The smallest absolute Gasteiger partial charge is 0.239 e. The van der Waals surface area contributed by atoms with Crippen LogP contribution in [0.15, 0.2) is 0 Å². The molecule has 0 saturated heterocycles. The molecule has 13 heavy (non-hydrogen) atoms. The zero-order valence-corrected chi connectivity index (χ0v) is 8.75. The Morgan fingerprint density at radius 2 is 2.23 bits per heavy atom. The van der Waals surface area contributed by atoms with Crippen LogP contribution in [0.1, 0.15) is 19.8 Å². The molecule has 4 heteroatoms. The molecule has 78 valence electrons. The van der Waals surface area contributed by atoms with Crippen LogP contribution in [-0.4, -0.2) is 44.2 Å². The highest BCUT2D eigenvalue weighted by Crippen LogP contribution is 1.97. The molecule has 0 aromatic rings. The number of hydrogen-bond acceptors (Lipinski definition) is 3. The number of nitrogens with two attached hydrogens (primary N) is 1. The van der Waals surface area contributed by atoms with Crippen LogP contribution < -0.4 is 5.73 Å². The van der Waals surface area contributed by atoms with Gasteiger partial charge in [-0.25, -0.2) is 0 Å². The average Bonchev–Trinajstić information content (AvgIpc) is 2.13. The topological polar surface area (TPSA) is 55.6 Å². The second-order valence-corrected chi connectivity index (χ2v) is 3.15. The molecule has 0 aliphatic heterocycles. The van der Waals surface area contributed by atoms with Crippen LogP contribution in [0.25, 0.3) is 0 Å². The van der Waals surface area contributed by atoms with E-state index in [-0.39, 0.29) is 11.9 Å². The third-order valence-electron chi connectivity index (χ3n) is 1.92. The van der Waals surface area contributed by atoms with E-state index in [0.717, 1.165) is 12.8 Å². The second-order valence-electron chi connectivity index (χ2n) is 3.15. The molecular weight excluding hydrogens is 168 g/mol. The zero-order valence-electron chi connectivity index (χ0n) is 8.75. The van der Waals surface area contributed by atoms with Crippen molar-refractivity contribution in [2.45, 2.75) is 25.8 Å². The van der Waals surface area contributed by atoms with E-state index >= 15 is 0 Å². The van der Waals surface area contributed by atoms with Crippen LogP contribution in [0, 0.1) is 0 Å². The van der Waals surface area contributed by atoms with Crippen molar-refractivity contribution in [3.05, 3.63) is 0 Å². The van der Waals surface area contributed by atoms with Crippen LogP contribution in [0.3, 0.4) is 0 Å². The third-order valence-corrected chi connectivity index (χ3v) is 1.92. The van der Waals surface area contributed by atoms with Gasteiger partial charge in [0.25, 0.3) is 0 Å². The fraction of sp³-hybridized carbons (Fsp3) is 0.889. The van der Waals surface area contributed by atoms with Crippen LogP contribution in [-0.2, 0) is 9.53 Å². The lowest BCUT2D eigenvalue weighted by atomic mass is 10.1. The molecule has 0 spiro atoms. The summed E-state index contributed by atoms with van der Waals surface area (Å²) < 4.78 is 4.87. The standard InChI is InChI=1S/C9H20N2O2/c1-4-5-8(10)9(12)11(2)6-7-13-3/h8H,4-7,10H2,1-3H3. The van der Waals surface area contributed by atoms with Crippen molar-refractivity contribution < 1.29 is 9.53 Å². The maximum atomic E-state index is 11.5. The summed E-state index contributed by atoms with van der Waals surface area (Å²) in [6, 6.07) is -0.355. The Bertz CT molecular complexity index is 151. The van der Waals surface area contributed by atoms with Crippen LogP contribution >= 0.6 is 0 Å². The lowest BCUT2D eigenvalue weighted by molar-refractivity contribution is -0.132. The van der Waals surface area contributed by atoms with Gasteiger partial charge >= 0.3 is 0 Å². The average molecular weight is 188 g/mol. The summed E-state index contributed by atoms with van der Waals surface area (Å²) in [6.45, 7) is 3.18. The number of ether oxygens (including phenoxy) is 1. The summed E-state index contributed by atoms with van der Waals surface area (Å²) in [4.78, 5) is 13.1. The van der Waals surface area contributed by atoms with Crippen molar-refractivity contribution in [1.82, 2.24) is 4.90 Å². The molecule has 0 aromatic heterocycles. The predicted molar refractivity (Wildman–Crippen MR) is 52.4 cm³/mol. The van der Waals surface area contributed by atoms with Gasteiger partial charge in [0.2, 0.25) is 5.91 Å². The van der Waals surface area contributed by atoms with Crippen molar-refractivity contribution in [3.63, 3.8) is 0 Å². The minimum atomic E-state index is -0.355. The first kappa shape index (κ1) is 12.4. The summed E-state index contributed by atoms with van der Waals surface area (Å²) in [6.07, 6.45) is 1.68. The highest BCUT2D eigenvalue weighted by molar-refractivity contribution is 5.81. The highest BCUT2D eigenvalue weighted by atomic mass is 16.5. The van der Waals surface area contributed by atoms with Crippen LogP contribution in [0.4, 0.5) is 0 Å². The Morgan fingerprint density at radius 3 is 2.69 bits per heavy atom. The maximum absolute atomic E-state index is 11.5. The van der Waals surface area contributed by atoms with E-state index in [2.05, 4.69) is 0 Å². The maximum Gasteiger partial charge on any atom is 0.239 e. The Hall–Kier alpha value is -0.610. The van der Waals surface area contributed by atoms with Crippen LogP contribution in [0.2, 0.25) is 0 Å². The predicted octanol–water partition coefficient (Wildman–Crippen LogP) is 0.219. The summed E-state index contributed by atoms with van der Waals surface area (Å²) in [5, 5.41) is 0. The molecule has 2 N–H and O–H groups in total. The molecule has 0 aromatic carbocycles. The summed E-state index contributed by atoms with van der Waals surface area (Å²) in [5.74, 6) is -0.00102. The molecule has 0 aliphatic rings. The van der Waals surface area contributed by atoms with Crippen molar-refractivity contribution >= 4 is 5.91 Å². The summed E-state index contributed by atoms with van der Waals surface area (Å²) in [5.41, 5.74) is 5.67. The van der Waals surface area contributed by atoms with E-state index < -0.39 is 0 Å². The number of nitrogens with zero attached hydrogens (tertiary/aromatic N) is 1. The van der Waals surface area contributed by atoms with Crippen molar-refractivity contribution in [1.29, 1.82) is 0 Å². The van der Waals surface area contributed by atoms with E-state index in [4.69, 9.17) is 10.5 Å². The second kappa shape index (κ2) is 6.86. The molecule has 0 aliphatic carbocycles. The summed E-state index contributed by atoms with van der Waals surface area (Å²) >= 11 is 0.